The number of alkyl carbamates (subject to hydrolysis) is 1. The summed E-state index contributed by atoms with van der Waals surface area (Å²) < 4.78 is 5.15. The molecule has 0 bridgehead atoms. The molecule has 2 N–H and O–H groups in total. The number of hydrogen-bond donors (Lipinski definition) is 2. The molecule has 2 aromatic rings. The molecule has 112 valence electrons. The van der Waals surface area contributed by atoms with Crippen LogP contribution in [0.4, 0.5) is 4.79 Å². The normalized spacial score (nSPS) is 16.4. The van der Waals surface area contributed by atoms with Gasteiger partial charge in [-0.2, -0.15) is 0 Å². The third kappa shape index (κ3) is 3.40. The highest BCUT2D eigenvalue weighted by Crippen LogP contribution is 2.16. The van der Waals surface area contributed by atoms with Crippen molar-refractivity contribution in [3.8, 4) is 11.3 Å². The molecule has 1 fully saturated rings. The Labute approximate surface area is 133 Å². The van der Waals surface area contributed by atoms with Crippen LogP contribution >= 0.6 is 12.2 Å². The number of carbonyl (C=O) groups excluding carboxylic acids is 1. The quantitative estimate of drug-likeness (QED) is 0.848. The Kier molecular flexibility index (Phi) is 4.29. The van der Waals surface area contributed by atoms with E-state index in [1.165, 1.54) is 0 Å². The van der Waals surface area contributed by atoms with Crippen molar-refractivity contribution >= 4 is 23.3 Å². The van der Waals surface area contributed by atoms with E-state index >= 15 is 0 Å². The third-order valence-corrected chi connectivity index (χ3v) is 3.78. The highest BCUT2D eigenvalue weighted by molar-refractivity contribution is 7.80. The summed E-state index contributed by atoms with van der Waals surface area (Å²) in [5, 5.41) is 5.60. The Hall–Kier alpha value is -2.47. The van der Waals surface area contributed by atoms with Crippen molar-refractivity contribution in [2.45, 2.75) is 12.6 Å². The molecule has 22 heavy (non-hydrogen) atoms. The zero-order chi connectivity index (χ0) is 15.4. The van der Waals surface area contributed by atoms with Gasteiger partial charge in [0, 0.05) is 23.9 Å². The van der Waals surface area contributed by atoms with E-state index < -0.39 is 6.09 Å². The zero-order valence-electron chi connectivity index (χ0n) is 11.8. The molecule has 1 aromatic carbocycles. The second-order valence-corrected chi connectivity index (χ2v) is 5.38. The lowest BCUT2D eigenvalue weighted by Gasteiger charge is -2.29. The van der Waals surface area contributed by atoms with E-state index in [0.29, 0.717) is 11.5 Å². The lowest BCUT2D eigenvalue weighted by molar-refractivity contribution is 0.137. The van der Waals surface area contributed by atoms with Crippen LogP contribution in [0.15, 0.2) is 48.7 Å². The van der Waals surface area contributed by atoms with Gasteiger partial charge in [-0.15, -0.1) is 0 Å². The minimum atomic E-state index is -0.471. The van der Waals surface area contributed by atoms with Crippen molar-refractivity contribution in [3.63, 3.8) is 0 Å². The Morgan fingerprint density at radius 2 is 2.14 bits per heavy atom. The van der Waals surface area contributed by atoms with Gasteiger partial charge >= 0.3 is 6.09 Å². The SMILES string of the molecule is O=C(N[C@H]1CNC1=S)OCc1ccc(-c2ccccc2)nc1. The Balaban J connectivity index is 1.53. The fourth-order valence-electron chi connectivity index (χ4n) is 2.03. The first-order valence-corrected chi connectivity index (χ1v) is 7.34. The molecule has 0 saturated carbocycles. The smallest absolute Gasteiger partial charge is 0.408 e. The van der Waals surface area contributed by atoms with Crippen molar-refractivity contribution < 1.29 is 9.53 Å². The monoisotopic (exact) mass is 313 g/mol. The van der Waals surface area contributed by atoms with Gasteiger partial charge in [-0.3, -0.25) is 4.98 Å². The maximum absolute atomic E-state index is 11.6. The lowest BCUT2D eigenvalue weighted by Crippen LogP contribution is -2.60. The van der Waals surface area contributed by atoms with Gasteiger partial charge < -0.3 is 15.4 Å². The van der Waals surface area contributed by atoms with E-state index in [4.69, 9.17) is 17.0 Å². The van der Waals surface area contributed by atoms with Gasteiger partial charge in [0.15, 0.2) is 0 Å². The number of ether oxygens (including phenoxy) is 1. The number of nitrogens with zero attached hydrogens (tertiary/aromatic N) is 1. The van der Waals surface area contributed by atoms with Gasteiger partial charge in [0.1, 0.15) is 11.6 Å². The second kappa shape index (κ2) is 6.53. The van der Waals surface area contributed by atoms with Crippen molar-refractivity contribution in [1.29, 1.82) is 0 Å². The molecule has 1 saturated heterocycles. The summed E-state index contributed by atoms with van der Waals surface area (Å²) in [6.45, 7) is 0.835. The van der Waals surface area contributed by atoms with Crippen molar-refractivity contribution in [1.82, 2.24) is 15.6 Å². The summed E-state index contributed by atoms with van der Waals surface area (Å²) in [6.07, 6.45) is 1.24. The average molecular weight is 313 g/mol. The van der Waals surface area contributed by atoms with Crippen LogP contribution in [0.2, 0.25) is 0 Å². The first kappa shape index (κ1) is 14.5. The fraction of sp³-hybridized carbons (Fsp3) is 0.188. The van der Waals surface area contributed by atoms with Gasteiger partial charge in [-0.25, -0.2) is 4.79 Å². The topological polar surface area (TPSA) is 63.2 Å². The summed E-state index contributed by atoms with van der Waals surface area (Å²) in [5.74, 6) is 0. The Morgan fingerprint density at radius 1 is 1.32 bits per heavy atom. The van der Waals surface area contributed by atoms with Crippen LogP contribution in [0.25, 0.3) is 11.3 Å². The number of carbonyl (C=O) groups is 1. The molecule has 0 unspecified atom stereocenters. The van der Waals surface area contributed by atoms with Crippen LogP contribution in [0.5, 0.6) is 0 Å². The average Bonchev–Trinajstić information content (AvgIpc) is 2.58. The van der Waals surface area contributed by atoms with Gasteiger partial charge in [-0.05, 0) is 6.07 Å². The largest absolute Gasteiger partial charge is 0.445 e. The fourth-order valence-corrected chi connectivity index (χ4v) is 2.25. The molecule has 6 heteroatoms. The van der Waals surface area contributed by atoms with E-state index in [0.717, 1.165) is 16.8 Å². The summed E-state index contributed by atoms with van der Waals surface area (Å²) in [6, 6.07) is 13.6. The highest BCUT2D eigenvalue weighted by atomic mass is 32.1. The second-order valence-electron chi connectivity index (χ2n) is 4.94. The number of amides is 1. The van der Waals surface area contributed by atoms with Crippen LogP contribution in [-0.4, -0.2) is 28.7 Å². The lowest BCUT2D eigenvalue weighted by atomic mass is 10.1. The number of nitrogens with one attached hydrogen (secondary N) is 2. The molecular weight excluding hydrogens is 298 g/mol. The standard InChI is InChI=1S/C16H15N3O2S/c20-16(19-14-9-18-15(14)22)21-10-11-6-7-13(17-8-11)12-4-2-1-3-5-12/h1-8,14H,9-10H2,(H,18,22)(H,19,20)/t14-/m0/s1. The van der Waals surface area contributed by atoms with Crippen LogP contribution in [0.1, 0.15) is 5.56 Å². The van der Waals surface area contributed by atoms with Crippen molar-refractivity contribution in [3.05, 3.63) is 54.2 Å². The number of benzene rings is 1. The number of hydrogen-bond acceptors (Lipinski definition) is 4. The van der Waals surface area contributed by atoms with Gasteiger partial charge in [0.05, 0.1) is 11.7 Å². The van der Waals surface area contributed by atoms with Gasteiger partial charge in [0.25, 0.3) is 0 Å². The maximum Gasteiger partial charge on any atom is 0.408 e. The molecule has 1 aliphatic heterocycles. The molecule has 0 aliphatic carbocycles. The molecule has 0 spiro atoms. The molecule has 1 atom stereocenters. The highest BCUT2D eigenvalue weighted by Gasteiger charge is 2.25. The molecular formula is C16H15N3O2S. The number of thiocarbonyl (C=S) groups is 1. The zero-order valence-corrected chi connectivity index (χ0v) is 12.6. The molecule has 5 nitrogen and oxygen atoms in total. The minimum Gasteiger partial charge on any atom is -0.445 e. The number of aromatic nitrogens is 1. The predicted molar refractivity (Wildman–Crippen MR) is 87.4 cm³/mol. The van der Waals surface area contributed by atoms with E-state index in [1.807, 2.05) is 42.5 Å². The summed E-state index contributed by atoms with van der Waals surface area (Å²) in [7, 11) is 0. The molecule has 2 heterocycles. The summed E-state index contributed by atoms with van der Waals surface area (Å²) >= 11 is 4.97. The molecule has 0 radical (unpaired) electrons. The van der Waals surface area contributed by atoms with E-state index in [2.05, 4.69) is 15.6 Å². The van der Waals surface area contributed by atoms with Crippen molar-refractivity contribution in [2.24, 2.45) is 0 Å². The van der Waals surface area contributed by atoms with E-state index in [1.54, 1.807) is 6.20 Å². The van der Waals surface area contributed by atoms with Crippen LogP contribution in [0, 0.1) is 0 Å². The molecule has 1 aromatic heterocycles. The molecule has 3 rings (SSSR count). The summed E-state index contributed by atoms with van der Waals surface area (Å²) in [5.41, 5.74) is 2.78. The third-order valence-electron chi connectivity index (χ3n) is 3.35. The Morgan fingerprint density at radius 3 is 2.73 bits per heavy atom. The van der Waals surface area contributed by atoms with Crippen molar-refractivity contribution in [2.75, 3.05) is 6.54 Å². The maximum atomic E-state index is 11.6. The Bertz CT molecular complexity index is 674. The van der Waals surface area contributed by atoms with Gasteiger partial charge in [-0.1, -0.05) is 48.6 Å². The van der Waals surface area contributed by atoms with E-state index in [-0.39, 0.29) is 12.6 Å². The number of rotatable bonds is 4. The van der Waals surface area contributed by atoms with Gasteiger partial charge in [0.2, 0.25) is 0 Å². The van der Waals surface area contributed by atoms with Crippen LogP contribution < -0.4 is 10.6 Å². The minimum absolute atomic E-state index is 0.110. The first-order chi connectivity index (χ1) is 10.7. The first-order valence-electron chi connectivity index (χ1n) is 6.94. The van der Waals surface area contributed by atoms with E-state index in [9.17, 15) is 4.79 Å². The molecule has 1 aliphatic rings. The summed E-state index contributed by atoms with van der Waals surface area (Å²) in [4.78, 5) is 16.6. The van der Waals surface area contributed by atoms with Crippen LogP contribution in [0.3, 0.4) is 0 Å². The van der Waals surface area contributed by atoms with Crippen LogP contribution in [-0.2, 0) is 11.3 Å². The molecule has 1 amide bonds. The number of pyridine rings is 1. The predicted octanol–water partition coefficient (Wildman–Crippen LogP) is 2.27.